The predicted octanol–water partition coefficient (Wildman–Crippen LogP) is 1.09. The van der Waals surface area contributed by atoms with Crippen molar-refractivity contribution in [3.05, 3.63) is 0 Å². The van der Waals surface area contributed by atoms with E-state index in [-0.39, 0.29) is 36.4 Å². The molecule has 0 fully saturated rings. The number of nitrogens with two attached hydrogens (primary N) is 2. The molecule has 0 aliphatic carbocycles. The Morgan fingerprint density at radius 2 is 1.08 bits per heavy atom. The monoisotopic (exact) mass is 408 g/mol. The van der Waals surface area contributed by atoms with Gasteiger partial charge in [0.05, 0.1) is 19.0 Å². The molecule has 0 aliphatic rings. The molecule has 4 N–H and O–H groups in total. The molecule has 0 aromatic carbocycles. The summed E-state index contributed by atoms with van der Waals surface area (Å²) in [6.07, 6.45) is 4.22. The Labute approximate surface area is 165 Å². The average Bonchev–Trinajstić information content (AvgIpc) is 2.63. The van der Waals surface area contributed by atoms with Crippen molar-refractivity contribution in [2.24, 2.45) is 11.5 Å². The number of rotatable bonds is 19. The van der Waals surface area contributed by atoms with Crippen LogP contribution in [0.1, 0.15) is 53.4 Å². The average molecular weight is 409 g/mol. The van der Waals surface area contributed by atoms with Gasteiger partial charge in [-0.2, -0.15) is 0 Å². The molecule has 158 valence electrons. The van der Waals surface area contributed by atoms with E-state index in [1.54, 1.807) is 0 Å². The zero-order chi connectivity index (χ0) is 19.7. The molecule has 0 heterocycles. The Morgan fingerprint density at radius 1 is 0.731 bits per heavy atom. The second-order valence-electron chi connectivity index (χ2n) is 6.74. The molecule has 26 heavy (non-hydrogen) atoms. The van der Waals surface area contributed by atoms with Crippen molar-refractivity contribution >= 4 is 19.0 Å². The fraction of sp³-hybridized carbons (Fsp3) is 1.00. The number of ether oxygens (including phenoxy) is 4. The molecular weight excluding hydrogens is 364 g/mol. The second-order valence-corrected chi connectivity index (χ2v) is 10.6. The highest BCUT2D eigenvalue weighted by Gasteiger charge is 2.23. The van der Waals surface area contributed by atoms with E-state index < -0.39 is 0 Å². The van der Waals surface area contributed by atoms with Crippen molar-refractivity contribution in [2.45, 2.75) is 82.8 Å². The highest BCUT2D eigenvalue weighted by atomic mass is 28.2. The van der Waals surface area contributed by atoms with E-state index in [1.807, 2.05) is 27.7 Å². The van der Waals surface area contributed by atoms with Crippen LogP contribution in [0.15, 0.2) is 0 Å². The largest absolute Gasteiger partial charge is 0.357 e. The molecule has 0 amide bonds. The minimum absolute atomic E-state index is 0.0510. The van der Waals surface area contributed by atoms with Gasteiger partial charge in [-0.25, -0.2) is 0 Å². The molecule has 0 unspecified atom stereocenters. The number of hydrogen-bond donors (Lipinski definition) is 2. The minimum Gasteiger partial charge on any atom is -0.357 e. The molecule has 0 aromatic heterocycles. The zero-order valence-electron chi connectivity index (χ0n) is 17.6. The molecule has 8 heteroatoms. The SMILES string of the molecule is CCOC(OCC)[SiH2]CCCC(N)(CN)CCC[SiH2]C(OCC)OCC. The molecule has 0 bridgehead atoms. The smallest absolute Gasteiger partial charge is 0.134 e. The lowest BCUT2D eigenvalue weighted by molar-refractivity contribution is -0.0830. The van der Waals surface area contributed by atoms with Crippen molar-refractivity contribution in [1.29, 1.82) is 0 Å². The van der Waals surface area contributed by atoms with Crippen LogP contribution in [-0.4, -0.2) is 69.4 Å². The Kier molecular flexibility index (Phi) is 17.4. The molecule has 6 nitrogen and oxygen atoms in total. The Morgan fingerprint density at radius 3 is 1.35 bits per heavy atom. The van der Waals surface area contributed by atoms with Gasteiger partial charge in [0.2, 0.25) is 0 Å². The lowest BCUT2D eigenvalue weighted by Gasteiger charge is -2.28. The van der Waals surface area contributed by atoms with Gasteiger partial charge in [0.1, 0.15) is 11.8 Å². The number of hydrogen-bond acceptors (Lipinski definition) is 6. The van der Waals surface area contributed by atoms with Gasteiger partial charge in [-0.1, -0.05) is 24.9 Å². The maximum Gasteiger partial charge on any atom is 0.134 e. The van der Waals surface area contributed by atoms with E-state index in [4.69, 9.17) is 30.4 Å². The van der Waals surface area contributed by atoms with E-state index in [0.29, 0.717) is 6.54 Å². The normalized spacial score (nSPS) is 15.2. The van der Waals surface area contributed by atoms with E-state index in [9.17, 15) is 0 Å². The van der Waals surface area contributed by atoms with E-state index in [1.165, 1.54) is 12.1 Å². The summed E-state index contributed by atoms with van der Waals surface area (Å²) in [5, 5.41) is 0. The van der Waals surface area contributed by atoms with Gasteiger partial charge >= 0.3 is 0 Å². The van der Waals surface area contributed by atoms with Gasteiger partial charge in [0.15, 0.2) is 0 Å². The maximum atomic E-state index is 6.55. The molecule has 0 atom stereocenters. The molecule has 0 saturated carbocycles. The van der Waals surface area contributed by atoms with Crippen molar-refractivity contribution in [3.63, 3.8) is 0 Å². The summed E-state index contributed by atoms with van der Waals surface area (Å²) in [5.41, 5.74) is 12.3. The van der Waals surface area contributed by atoms with Crippen LogP contribution in [0.3, 0.4) is 0 Å². The van der Waals surface area contributed by atoms with E-state index in [0.717, 1.165) is 52.1 Å². The van der Waals surface area contributed by atoms with Crippen LogP contribution in [0, 0.1) is 0 Å². The van der Waals surface area contributed by atoms with Crippen LogP contribution < -0.4 is 11.5 Å². The molecule has 0 aromatic rings. The molecular formula is C18H44N2O4Si2. The Hall–Kier alpha value is 0.194. The highest BCUT2D eigenvalue weighted by molar-refractivity contribution is 6.36. The minimum atomic E-state index is -0.387. The van der Waals surface area contributed by atoms with Crippen LogP contribution >= 0.6 is 0 Å². The fourth-order valence-electron chi connectivity index (χ4n) is 3.08. The van der Waals surface area contributed by atoms with Gasteiger partial charge in [-0.15, -0.1) is 0 Å². The molecule has 0 spiro atoms. The van der Waals surface area contributed by atoms with Crippen molar-refractivity contribution in [2.75, 3.05) is 33.0 Å². The second kappa shape index (κ2) is 17.3. The first-order chi connectivity index (χ1) is 12.5. The zero-order valence-corrected chi connectivity index (χ0v) is 20.5. The first-order valence-corrected chi connectivity index (χ1v) is 14.1. The first-order valence-electron chi connectivity index (χ1n) is 10.5. The van der Waals surface area contributed by atoms with Crippen molar-refractivity contribution in [3.8, 4) is 0 Å². The third kappa shape index (κ3) is 13.4. The summed E-state index contributed by atoms with van der Waals surface area (Å²) in [6, 6.07) is 2.38. The summed E-state index contributed by atoms with van der Waals surface area (Å²) in [4.78, 5) is 0. The van der Waals surface area contributed by atoms with Crippen molar-refractivity contribution in [1.82, 2.24) is 0 Å². The van der Waals surface area contributed by atoms with Crippen LogP contribution in [0.4, 0.5) is 0 Å². The quantitative estimate of drug-likeness (QED) is 0.189. The molecule has 0 radical (unpaired) electrons. The fourth-order valence-corrected chi connectivity index (χ4v) is 6.43. The standard InChI is InChI=1S/C18H44N2O4Si2/c1-5-21-16(22-6-2)25-13-9-11-18(20,15-19)12-10-14-26-17(23-7-3)24-8-4/h16-17H,5-15,19-20,25-26H2,1-4H3. The van der Waals surface area contributed by atoms with Crippen LogP contribution in [0.5, 0.6) is 0 Å². The Balaban J connectivity index is 4.03. The predicted molar refractivity (Wildman–Crippen MR) is 115 cm³/mol. The summed E-state index contributed by atoms with van der Waals surface area (Å²) < 4.78 is 22.6. The van der Waals surface area contributed by atoms with Crippen LogP contribution in [0.2, 0.25) is 12.1 Å². The maximum absolute atomic E-state index is 6.55. The first kappa shape index (κ1) is 26.2. The molecule has 0 aliphatic heterocycles. The van der Waals surface area contributed by atoms with E-state index >= 15 is 0 Å². The third-order valence-corrected chi connectivity index (χ3v) is 8.25. The summed E-state index contributed by atoms with van der Waals surface area (Å²) in [6.45, 7) is 11.5. The Bertz CT molecular complexity index is 279. The topological polar surface area (TPSA) is 89.0 Å². The van der Waals surface area contributed by atoms with E-state index in [2.05, 4.69) is 0 Å². The highest BCUT2D eigenvalue weighted by Crippen LogP contribution is 2.19. The summed E-state index contributed by atoms with van der Waals surface area (Å²) >= 11 is 0. The van der Waals surface area contributed by atoms with Gasteiger partial charge in [-0.3, -0.25) is 0 Å². The van der Waals surface area contributed by atoms with Crippen LogP contribution in [0.25, 0.3) is 0 Å². The van der Waals surface area contributed by atoms with Gasteiger partial charge in [0.25, 0.3) is 0 Å². The third-order valence-electron chi connectivity index (χ3n) is 4.55. The molecule has 0 saturated heterocycles. The summed E-state index contributed by atoms with van der Waals surface area (Å²) in [5.74, 6) is 0.102. The van der Waals surface area contributed by atoms with Gasteiger partial charge in [0, 0.05) is 38.5 Å². The lowest BCUT2D eigenvalue weighted by atomic mass is 9.90. The van der Waals surface area contributed by atoms with Gasteiger partial charge < -0.3 is 30.4 Å². The van der Waals surface area contributed by atoms with Crippen LogP contribution in [-0.2, 0) is 18.9 Å². The molecule has 0 rings (SSSR count). The van der Waals surface area contributed by atoms with Crippen molar-refractivity contribution < 1.29 is 18.9 Å². The lowest BCUT2D eigenvalue weighted by Crippen LogP contribution is -2.47. The summed E-state index contributed by atoms with van der Waals surface area (Å²) in [7, 11) is -0.773. The van der Waals surface area contributed by atoms with Gasteiger partial charge in [-0.05, 0) is 40.5 Å².